The van der Waals surface area contributed by atoms with Crippen LogP contribution in [0, 0.1) is 5.41 Å². The van der Waals surface area contributed by atoms with E-state index in [1.807, 2.05) is 0 Å². The number of rotatable bonds is 3. The maximum Gasteiger partial charge on any atom is 0.0476 e. The Balaban J connectivity index is 1.98. The Morgan fingerprint density at radius 3 is 2.67 bits per heavy atom. The summed E-state index contributed by atoms with van der Waals surface area (Å²) < 4.78 is 0. The molecule has 21 heavy (non-hydrogen) atoms. The first-order valence-electron chi connectivity index (χ1n) is 8.02. The third kappa shape index (κ3) is 2.97. The summed E-state index contributed by atoms with van der Waals surface area (Å²) in [6.45, 7) is 7.72. The van der Waals surface area contributed by atoms with Gasteiger partial charge in [0.05, 0.1) is 0 Å². The van der Waals surface area contributed by atoms with Gasteiger partial charge in [0, 0.05) is 19.1 Å². The fraction of sp³-hybridized carbons (Fsp3) is 0.474. The highest BCUT2D eigenvalue weighted by atomic mass is 15.2. The molecule has 2 nitrogen and oxygen atoms in total. The lowest BCUT2D eigenvalue weighted by Gasteiger charge is -2.42. The molecule has 3 rings (SSSR count). The molecule has 2 N–H and O–H groups in total. The average molecular weight is 282 g/mol. The van der Waals surface area contributed by atoms with Crippen molar-refractivity contribution in [3.05, 3.63) is 48.0 Å². The van der Waals surface area contributed by atoms with Gasteiger partial charge in [-0.15, -0.1) is 0 Å². The van der Waals surface area contributed by atoms with Crippen LogP contribution in [0.25, 0.3) is 10.8 Å². The van der Waals surface area contributed by atoms with E-state index in [2.05, 4.69) is 61.2 Å². The highest BCUT2D eigenvalue weighted by Crippen LogP contribution is 2.35. The van der Waals surface area contributed by atoms with Gasteiger partial charge in [0.1, 0.15) is 0 Å². The Hall–Kier alpha value is -1.38. The predicted octanol–water partition coefficient (Wildman–Crippen LogP) is 3.96. The van der Waals surface area contributed by atoms with Crippen molar-refractivity contribution < 1.29 is 0 Å². The number of fused-ring (bicyclic) bond motifs is 1. The van der Waals surface area contributed by atoms with Gasteiger partial charge in [-0.2, -0.15) is 0 Å². The van der Waals surface area contributed by atoms with Gasteiger partial charge in [0.15, 0.2) is 0 Å². The van der Waals surface area contributed by atoms with Gasteiger partial charge in [0.2, 0.25) is 0 Å². The second-order valence-electron chi connectivity index (χ2n) is 7.06. The Labute approximate surface area is 127 Å². The molecule has 2 aromatic carbocycles. The van der Waals surface area contributed by atoms with Gasteiger partial charge >= 0.3 is 0 Å². The quantitative estimate of drug-likeness (QED) is 0.923. The number of nitrogens with zero attached hydrogens (tertiary/aromatic N) is 1. The molecular formula is C19H26N2. The SMILES string of the molecule is CC1(C)CCCN(C(CN)c2cccc3ccccc23)C1. The second kappa shape index (κ2) is 5.78. The summed E-state index contributed by atoms with van der Waals surface area (Å²) in [6.07, 6.45) is 2.59. The van der Waals surface area contributed by atoms with Crippen LogP contribution < -0.4 is 5.73 Å². The zero-order valence-corrected chi connectivity index (χ0v) is 13.2. The first-order valence-corrected chi connectivity index (χ1v) is 8.02. The molecule has 0 aliphatic carbocycles. The number of hydrogen-bond donors (Lipinski definition) is 1. The lowest BCUT2D eigenvalue weighted by molar-refractivity contribution is 0.0812. The van der Waals surface area contributed by atoms with Crippen molar-refractivity contribution in [3.8, 4) is 0 Å². The third-order valence-corrected chi connectivity index (χ3v) is 4.78. The van der Waals surface area contributed by atoms with Crippen molar-refractivity contribution in [2.75, 3.05) is 19.6 Å². The summed E-state index contributed by atoms with van der Waals surface area (Å²) in [5.74, 6) is 0. The van der Waals surface area contributed by atoms with Crippen LogP contribution in [0.1, 0.15) is 38.3 Å². The highest BCUT2D eigenvalue weighted by molar-refractivity contribution is 5.86. The van der Waals surface area contributed by atoms with Crippen molar-refractivity contribution in [1.82, 2.24) is 4.90 Å². The molecular weight excluding hydrogens is 256 g/mol. The number of benzene rings is 2. The number of nitrogens with two attached hydrogens (primary N) is 1. The number of likely N-dealkylation sites (tertiary alicyclic amines) is 1. The van der Waals surface area contributed by atoms with E-state index in [0.29, 0.717) is 18.0 Å². The predicted molar refractivity (Wildman–Crippen MR) is 90.3 cm³/mol. The van der Waals surface area contributed by atoms with E-state index in [1.165, 1.54) is 29.2 Å². The molecule has 2 aromatic rings. The summed E-state index contributed by atoms with van der Waals surface area (Å²) in [6, 6.07) is 15.6. The smallest absolute Gasteiger partial charge is 0.0476 e. The van der Waals surface area contributed by atoms with Gasteiger partial charge in [-0.3, -0.25) is 4.90 Å². The molecule has 1 atom stereocenters. The summed E-state index contributed by atoms with van der Waals surface area (Å²) in [7, 11) is 0. The van der Waals surface area contributed by atoms with Gasteiger partial charge in [0.25, 0.3) is 0 Å². The molecule has 0 amide bonds. The van der Waals surface area contributed by atoms with Crippen LogP contribution in [0.15, 0.2) is 42.5 Å². The summed E-state index contributed by atoms with van der Waals surface area (Å²) in [4.78, 5) is 2.59. The Kier molecular flexibility index (Phi) is 4.01. The minimum absolute atomic E-state index is 0.329. The van der Waals surface area contributed by atoms with Crippen molar-refractivity contribution in [1.29, 1.82) is 0 Å². The van der Waals surface area contributed by atoms with E-state index in [4.69, 9.17) is 5.73 Å². The molecule has 1 unspecified atom stereocenters. The number of hydrogen-bond acceptors (Lipinski definition) is 2. The van der Waals surface area contributed by atoms with E-state index < -0.39 is 0 Å². The molecule has 1 aliphatic rings. The lowest BCUT2D eigenvalue weighted by atomic mass is 9.83. The van der Waals surface area contributed by atoms with Crippen LogP contribution >= 0.6 is 0 Å². The Morgan fingerprint density at radius 1 is 1.14 bits per heavy atom. The first kappa shape index (κ1) is 14.6. The van der Waals surface area contributed by atoms with E-state index in [1.54, 1.807) is 0 Å². The monoisotopic (exact) mass is 282 g/mol. The van der Waals surface area contributed by atoms with Crippen molar-refractivity contribution in [3.63, 3.8) is 0 Å². The third-order valence-electron chi connectivity index (χ3n) is 4.78. The van der Waals surface area contributed by atoms with Crippen LogP contribution in [0.4, 0.5) is 0 Å². The van der Waals surface area contributed by atoms with Crippen LogP contribution in [-0.2, 0) is 0 Å². The molecule has 0 radical (unpaired) electrons. The molecule has 1 fully saturated rings. The van der Waals surface area contributed by atoms with Crippen LogP contribution in [-0.4, -0.2) is 24.5 Å². The largest absolute Gasteiger partial charge is 0.329 e. The fourth-order valence-electron chi connectivity index (χ4n) is 3.75. The van der Waals surface area contributed by atoms with Crippen molar-refractivity contribution in [2.45, 2.75) is 32.7 Å². The average Bonchev–Trinajstić information content (AvgIpc) is 2.47. The van der Waals surface area contributed by atoms with Crippen LogP contribution in [0.3, 0.4) is 0 Å². The Morgan fingerprint density at radius 2 is 1.90 bits per heavy atom. The van der Waals surface area contributed by atoms with Crippen molar-refractivity contribution >= 4 is 10.8 Å². The molecule has 0 spiro atoms. The lowest BCUT2D eigenvalue weighted by Crippen LogP contribution is -2.44. The van der Waals surface area contributed by atoms with E-state index in [0.717, 1.165) is 13.1 Å². The minimum atomic E-state index is 0.329. The van der Waals surface area contributed by atoms with E-state index >= 15 is 0 Å². The van der Waals surface area contributed by atoms with E-state index in [9.17, 15) is 0 Å². The molecule has 1 saturated heterocycles. The van der Waals surface area contributed by atoms with Gasteiger partial charge < -0.3 is 5.73 Å². The normalized spacial score (nSPS) is 20.5. The topological polar surface area (TPSA) is 29.3 Å². The van der Waals surface area contributed by atoms with Gasteiger partial charge in [-0.1, -0.05) is 56.3 Å². The molecule has 0 saturated carbocycles. The zero-order valence-electron chi connectivity index (χ0n) is 13.2. The van der Waals surface area contributed by atoms with E-state index in [-0.39, 0.29) is 0 Å². The standard InChI is InChI=1S/C19H26N2/c1-19(2)11-6-12-21(14-19)18(13-20)17-10-5-8-15-7-3-4-9-16(15)17/h3-5,7-10,18H,6,11-14,20H2,1-2H3. The highest BCUT2D eigenvalue weighted by Gasteiger charge is 2.31. The van der Waals surface area contributed by atoms with Gasteiger partial charge in [-0.05, 0) is 41.1 Å². The van der Waals surface area contributed by atoms with Crippen LogP contribution in [0.2, 0.25) is 0 Å². The maximum absolute atomic E-state index is 6.17. The van der Waals surface area contributed by atoms with Gasteiger partial charge in [-0.25, -0.2) is 0 Å². The fourth-order valence-corrected chi connectivity index (χ4v) is 3.75. The van der Waals surface area contributed by atoms with Crippen LogP contribution in [0.5, 0.6) is 0 Å². The molecule has 0 bridgehead atoms. The number of piperidine rings is 1. The zero-order chi connectivity index (χ0) is 14.9. The summed E-state index contributed by atoms with van der Waals surface area (Å²) in [5, 5.41) is 2.66. The van der Waals surface area contributed by atoms with Crippen molar-refractivity contribution in [2.24, 2.45) is 11.1 Å². The molecule has 1 aliphatic heterocycles. The minimum Gasteiger partial charge on any atom is -0.329 e. The molecule has 2 heteroatoms. The molecule has 0 aromatic heterocycles. The maximum atomic E-state index is 6.17. The summed E-state index contributed by atoms with van der Waals surface area (Å²) in [5.41, 5.74) is 7.96. The summed E-state index contributed by atoms with van der Waals surface area (Å²) >= 11 is 0. The second-order valence-corrected chi connectivity index (χ2v) is 7.06. The first-order chi connectivity index (χ1) is 10.1. The molecule has 112 valence electrons. The molecule has 1 heterocycles. The Bertz CT molecular complexity index is 612.